The second kappa shape index (κ2) is 8.25. The summed E-state index contributed by atoms with van der Waals surface area (Å²) in [6, 6.07) is 19.0. The van der Waals surface area contributed by atoms with Crippen LogP contribution < -0.4 is 10.1 Å². The number of para-hydroxylation sites is 2. The van der Waals surface area contributed by atoms with Crippen molar-refractivity contribution in [2.24, 2.45) is 0 Å². The van der Waals surface area contributed by atoms with E-state index in [9.17, 15) is 4.79 Å². The average molecular weight is 390 g/mol. The first-order valence-corrected chi connectivity index (χ1v) is 10.5. The minimum atomic E-state index is -0.175. The third kappa shape index (κ3) is 4.64. The predicted molar refractivity (Wildman–Crippen MR) is 96.8 cm³/mol. The molecule has 0 spiro atoms. The summed E-state index contributed by atoms with van der Waals surface area (Å²) in [5.74, 6) is 2.02. The quantitative estimate of drug-likeness (QED) is 0.485. The fourth-order valence-corrected chi connectivity index (χ4v) is 6.33. The van der Waals surface area contributed by atoms with E-state index in [1.807, 2.05) is 60.7 Å². The number of nitrogens with one attached hydrogen (secondary N) is 1. The molecule has 1 N–H and O–H groups in total. The number of anilines is 1. The van der Waals surface area contributed by atoms with E-state index in [1.165, 1.54) is 6.42 Å². The van der Waals surface area contributed by atoms with Crippen molar-refractivity contribution < 1.29 is 9.53 Å². The Kier molecular flexibility index (Phi) is 5.81. The van der Waals surface area contributed by atoms with Crippen LogP contribution in [0.15, 0.2) is 70.2 Å². The first-order valence-electron chi connectivity index (χ1n) is 7.42. The first kappa shape index (κ1) is 16.2. The number of carbonyl (C=O) groups is 1. The summed E-state index contributed by atoms with van der Waals surface area (Å²) >= 11 is 2.06. The molecule has 0 radical (unpaired) electrons. The van der Waals surface area contributed by atoms with Crippen LogP contribution in [-0.2, 0) is 4.79 Å². The Balaban J connectivity index is 1.84. The van der Waals surface area contributed by atoms with Crippen LogP contribution in [0.2, 0.25) is 5.32 Å². The second-order valence-electron chi connectivity index (χ2n) is 4.90. The van der Waals surface area contributed by atoms with E-state index >= 15 is 0 Å². The van der Waals surface area contributed by atoms with E-state index in [0.717, 1.165) is 20.6 Å². The van der Waals surface area contributed by atoms with Crippen LogP contribution in [0.3, 0.4) is 0 Å². The molecule has 0 aromatic heterocycles. The molecule has 23 heavy (non-hydrogen) atoms. The number of rotatable bonds is 4. The van der Waals surface area contributed by atoms with E-state index in [1.54, 1.807) is 11.8 Å². The Bertz CT molecular complexity index is 681. The number of hydrogen-bond acceptors (Lipinski definition) is 3. The van der Waals surface area contributed by atoms with E-state index in [-0.39, 0.29) is 5.91 Å². The molecule has 3 rings (SSSR count). The number of thioether (sulfide) groups is 1. The molecule has 0 saturated carbocycles. The van der Waals surface area contributed by atoms with Gasteiger partial charge < -0.3 is 0 Å². The summed E-state index contributed by atoms with van der Waals surface area (Å²) in [5, 5.41) is 4.10. The van der Waals surface area contributed by atoms with Crippen LogP contribution >= 0.6 is 11.8 Å². The number of benzene rings is 2. The van der Waals surface area contributed by atoms with Crippen molar-refractivity contribution in [1.82, 2.24) is 0 Å². The third-order valence-corrected chi connectivity index (χ3v) is 7.41. The Morgan fingerprint density at radius 2 is 1.74 bits per heavy atom. The van der Waals surface area contributed by atoms with Gasteiger partial charge in [-0.3, -0.25) is 0 Å². The van der Waals surface area contributed by atoms with Gasteiger partial charge in [-0.1, -0.05) is 0 Å². The first-order chi connectivity index (χ1) is 11.3. The molecule has 118 valence electrons. The van der Waals surface area contributed by atoms with Gasteiger partial charge in [-0.25, -0.2) is 0 Å². The monoisotopic (exact) mass is 391 g/mol. The molecule has 1 aliphatic rings. The van der Waals surface area contributed by atoms with Gasteiger partial charge in [0.15, 0.2) is 0 Å². The van der Waals surface area contributed by atoms with Gasteiger partial charge in [0, 0.05) is 0 Å². The molecule has 1 saturated heterocycles. The molecule has 5 heteroatoms. The minimum absolute atomic E-state index is 0.175. The van der Waals surface area contributed by atoms with Crippen molar-refractivity contribution in [2.45, 2.75) is 11.7 Å². The molecule has 2 aromatic carbocycles. The summed E-state index contributed by atoms with van der Waals surface area (Å²) in [7, 11) is 0. The Labute approximate surface area is 146 Å². The standard InChI is InChI=1S/C18H17NO2SSe/c20-17(19-14-8-3-1-4-9-14)16(18-22-12-7-13-23-18)21-15-10-5-2-6-11-15/h1-6,8-11H,7,12-13H2,(H,19,20)/b18-16-. The summed E-state index contributed by atoms with van der Waals surface area (Å²) in [6.45, 7) is 0. The van der Waals surface area contributed by atoms with Crippen LogP contribution in [-0.4, -0.2) is 26.6 Å². The predicted octanol–water partition coefficient (Wildman–Crippen LogP) is 4.13. The zero-order chi connectivity index (χ0) is 15.9. The molecule has 1 heterocycles. The Morgan fingerprint density at radius 1 is 1.04 bits per heavy atom. The van der Waals surface area contributed by atoms with Crippen molar-refractivity contribution in [1.29, 1.82) is 0 Å². The topological polar surface area (TPSA) is 38.3 Å². The summed E-state index contributed by atoms with van der Waals surface area (Å²) in [4.78, 5) is 12.7. The van der Waals surface area contributed by atoms with E-state index < -0.39 is 0 Å². The molecule has 0 atom stereocenters. The Morgan fingerprint density at radius 3 is 2.39 bits per heavy atom. The van der Waals surface area contributed by atoms with Crippen LogP contribution in [0.1, 0.15) is 6.42 Å². The average Bonchev–Trinajstić information content (AvgIpc) is 2.62. The fourth-order valence-electron chi connectivity index (χ4n) is 2.06. The summed E-state index contributed by atoms with van der Waals surface area (Å²) in [6.07, 6.45) is 1.22. The van der Waals surface area contributed by atoms with Crippen molar-refractivity contribution in [3.8, 4) is 5.75 Å². The molecule has 0 aliphatic carbocycles. The van der Waals surface area contributed by atoms with Gasteiger partial charge >= 0.3 is 147 Å². The maximum atomic E-state index is 12.7. The van der Waals surface area contributed by atoms with Crippen molar-refractivity contribution >= 4 is 38.3 Å². The van der Waals surface area contributed by atoms with E-state index in [0.29, 0.717) is 26.5 Å². The van der Waals surface area contributed by atoms with Gasteiger partial charge in [-0.05, 0) is 0 Å². The van der Waals surface area contributed by atoms with Gasteiger partial charge in [0.25, 0.3) is 0 Å². The van der Waals surface area contributed by atoms with Crippen molar-refractivity contribution in [2.75, 3.05) is 11.1 Å². The summed E-state index contributed by atoms with van der Waals surface area (Å²) in [5.41, 5.74) is 0.778. The molecule has 1 fully saturated rings. The van der Waals surface area contributed by atoms with Crippen molar-refractivity contribution in [3.05, 3.63) is 70.2 Å². The van der Waals surface area contributed by atoms with Crippen LogP contribution in [0, 0.1) is 0 Å². The number of amides is 1. The normalized spacial score (nSPS) is 16.5. The maximum absolute atomic E-state index is 12.7. The molecule has 1 amide bonds. The second-order valence-corrected chi connectivity index (χ2v) is 8.91. The number of carbonyl (C=O) groups excluding carboxylic acids is 1. The number of hydrogen-bond donors (Lipinski definition) is 1. The van der Waals surface area contributed by atoms with Gasteiger partial charge in [0.05, 0.1) is 0 Å². The molecular formula is C18H17NO2SSe. The molecule has 2 aromatic rings. The molecule has 3 nitrogen and oxygen atoms in total. The van der Waals surface area contributed by atoms with Gasteiger partial charge in [-0.2, -0.15) is 0 Å². The van der Waals surface area contributed by atoms with Crippen LogP contribution in [0.25, 0.3) is 0 Å². The van der Waals surface area contributed by atoms with Gasteiger partial charge in [0.2, 0.25) is 0 Å². The Hall–Kier alpha value is -1.68. The van der Waals surface area contributed by atoms with E-state index in [4.69, 9.17) is 4.74 Å². The van der Waals surface area contributed by atoms with E-state index in [2.05, 4.69) is 5.32 Å². The number of ether oxygens (including phenoxy) is 1. The zero-order valence-corrected chi connectivity index (χ0v) is 15.1. The molecule has 0 unspecified atom stereocenters. The third-order valence-electron chi connectivity index (χ3n) is 3.14. The van der Waals surface area contributed by atoms with Crippen molar-refractivity contribution in [3.63, 3.8) is 0 Å². The van der Waals surface area contributed by atoms with Crippen LogP contribution in [0.5, 0.6) is 5.75 Å². The zero-order valence-electron chi connectivity index (χ0n) is 12.5. The van der Waals surface area contributed by atoms with Crippen LogP contribution in [0.4, 0.5) is 5.69 Å². The molecule has 0 bridgehead atoms. The van der Waals surface area contributed by atoms with Gasteiger partial charge in [-0.15, -0.1) is 0 Å². The summed E-state index contributed by atoms with van der Waals surface area (Å²) < 4.78 is 7.05. The fraction of sp³-hybridized carbons (Fsp3) is 0.167. The molecule has 1 aliphatic heterocycles. The molecular weight excluding hydrogens is 373 g/mol. The SMILES string of the molecule is O=C(Nc1ccccc1)/C(Oc1ccccc1)=C1\SCCC[Se]1. The van der Waals surface area contributed by atoms with Gasteiger partial charge in [0.1, 0.15) is 0 Å².